The molecule has 3 rings (SSSR count). The van der Waals surface area contributed by atoms with Crippen LogP contribution in [0.2, 0.25) is 0 Å². The average Bonchev–Trinajstić information content (AvgIpc) is 2.93. The SMILES string of the molecule is CC1NNNC1C(=O)N1CCCCC1c1cccc(F)c1. The maximum absolute atomic E-state index is 13.5. The average molecular weight is 292 g/mol. The van der Waals surface area contributed by atoms with Crippen LogP contribution in [0.3, 0.4) is 0 Å². The van der Waals surface area contributed by atoms with Crippen LogP contribution >= 0.6 is 0 Å². The Labute approximate surface area is 123 Å². The lowest BCUT2D eigenvalue weighted by Gasteiger charge is -2.38. The highest BCUT2D eigenvalue weighted by molar-refractivity contribution is 5.83. The lowest BCUT2D eigenvalue weighted by Crippen LogP contribution is -2.51. The fourth-order valence-corrected chi connectivity index (χ4v) is 3.15. The fraction of sp³-hybridized carbons (Fsp3) is 0.533. The summed E-state index contributed by atoms with van der Waals surface area (Å²) in [7, 11) is 0. The van der Waals surface area contributed by atoms with Crippen LogP contribution in [0, 0.1) is 5.82 Å². The molecular formula is C15H21FN4O. The van der Waals surface area contributed by atoms with Crippen LogP contribution in [0.15, 0.2) is 24.3 Å². The van der Waals surface area contributed by atoms with Gasteiger partial charge >= 0.3 is 0 Å². The summed E-state index contributed by atoms with van der Waals surface area (Å²) in [6.07, 6.45) is 2.95. The van der Waals surface area contributed by atoms with E-state index in [1.807, 2.05) is 17.9 Å². The van der Waals surface area contributed by atoms with Gasteiger partial charge in [0.2, 0.25) is 5.91 Å². The predicted octanol–water partition coefficient (Wildman–Crippen LogP) is 1.25. The van der Waals surface area contributed by atoms with Gasteiger partial charge < -0.3 is 4.90 Å². The van der Waals surface area contributed by atoms with Gasteiger partial charge in [0.05, 0.1) is 6.04 Å². The number of nitrogens with one attached hydrogen (secondary N) is 3. The number of hydrazine groups is 2. The van der Waals surface area contributed by atoms with Gasteiger partial charge in [0.1, 0.15) is 11.9 Å². The van der Waals surface area contributed by atoms with E-state index in [1.165, 1.54) is 12.1 Å². The monoisotopic (exact) mass is 292 g/mol. The van der Waals surface area contributed by atoms with Gasteiger partial charge in [0.15, 0.2) is 0 Å². The second-order valence-corrected chi connectivity index (χ2v) is 5.78. The van der Waals surface area contributed by atoms with Gasteiger partial charge in [0, 0.05) is 12.6 Å². The standard InChI is InChI=1S/C15H21FN4O/c1-10-14(18-19-17-10)15(21)20-8-3-2-7-13(20)11-5-4-6-12(16)9-11/h4-6,9-10,13-14,17-19H,2-3,7-8H2,1H3. The topological polar surface area (TPSA) is 56.4 Å². The van der Waals surface area contributed by atoms with Crippen molar-refractivity contribution in [1.82, 2.24) is 21.3 Å². The molecule has 0 bridgehead atoms. The molecule has 1 aromatic rings. The minimum Gasteiger partial charge on any atom is -0.334 e. The first-order valence-electron chi connectivity index (χ1n) is 7.49. The molecule has 21 heavy (non-hydrogen) atoms. The number of nitrogens with zero attached hydrogens (tertiary/aromatic N) is 1. The number of amides is 1. The Bertz CT molecular complexity index is 524. The van der Waals surface area contributed by atoms with E-state index in [4.69, 9.17) is 0 Å². The fourth-order valence-electron chi connectivity index (χ4n) is 3.15. The van der Waals surface area contributed by atoms with Gasteiger partial charge in [-0.15, -0.1) is 0 Å². The molecule has 0 saturated carbocycles. The van der Waals surface area contributed by atoms with E-state index in [0.29, 0.717) is 0 Å². The highest BCUT2D eigenvalue weighted by atomic mass is 19.1. The van der Waals surface area contributed by atoms with Crippen LogP contribution in [-0.2, 0) is 4.79 Å². The first kappa shape index (κ1) is 14.4. The molecule has 2 heterocycles. The summed E-state index contributed by atoms with van der Waals surface area (Å²) in [5, 5.41) is 0. The number of piperidine rings is 1. The zero-order chi connectivity index (χ0) is 14.8. The van der Waals surface area contributed by atoms with Gasteiger partial charge in [0.25, 0.3) is 0 Å². The summed E-state index contributed by atoms with van der Waals surface area (Å²) in [6, 6.07) is 6.29. The molecule has 6 heteroatoms. The van der Waals surface area contributed by atoms with Crippen molar-refractivity contribution < 1.29 is 9.18 Å². The lowest BCUT2D eigenvalue weighted by atomic mass is 9.94. The summed E-state index contributed by atoms with van der Waals surface area (Å²) in [5.41, 5.74) is 9.63. The maximum Gasteiger partial charge on any atom is 0.243 e. The number of halogens is 1. The van der Waals surface area contributed by atoms with Crippen LogP contribution < -0.4 is 16.4 Å². The summed E-state index contributed by atoms with van der Waals surface area (Å²) in [6.45, 7) is 2.68. The van der Waals surface area contributed by atoms with Crippen molar-refractivity contribution in [2.45, 2.75) is 44.3 Å². The normalized spacial score (nSPS) is 29.6. The third-order valence-corrected chi connectivity index (χ3v) is 4.31. The molecule has 3 N–H and O–H groups in total. The molecule has 1 amide bonds. The van der Waals surface area contributed by atoms with Crippen molar-refractivity contribution in [3.05, 3.63) is 35.6 Å². The molecule has 0 aliphatic carbocycles. The highest BCUT2D eigenvalue weighted by Crippen LogP contribution is 2.32. The second kappa shape index (κ2) is 6.09. The number of rotatable bonds is 2. The minimum atomic E-state index is -0.292. The molecule has 0 aromatic heterocycles. The summed E-state index contributed by atoms with van der Waals surface area (Å²) in [4.78, 5) is 14.7. The van der Waals surface area contributed by atoms with Crippen molar-refractivity contribution in [1.29, 1.82) is 0 Å². The van der Waals surface area contributed by atoms with E-state index >= 15 is 0 Å². The Kier molecular flexibility index (Phi) is 4.19. The Morgan fingerprint density at radius 1 is 1.33 bits per heavy atom. The molecular weight excluding hydrogens is 271 g/mol. The maximum atomic E-state index is 13.5. The van der Waals surface area contributed by atoms with E-state index in [0.717, 1.165) is 31.4 Å². The molecule has 3 unspecified atom stereocenters. The first-order chi connectivity index (χ1) is 10.2. The predicted molar refractivity (Wildman–Crippen MR) is 77.4 cm³/mol. The molecule has 0 radical (unpaired) electrons. The van der Waals surface area contributed by atoms with E-state index in [2.05, 4.69) is 16.4 Å². The number of hydrogen-bond donors (Lipinski definition) is 3. The number of hydrogen-bond acceptors (Lipinski definition) is 4. The molecule has 114 valence electrons. The Morgan fingerprint density at radius 2 is 2.19 bits per heavy atom. The molecule has 2 saturated heterocycles. The van der Waals surface area contributed by atoms with Crippen LogP contribution in [0.1, 0.15) is 37.8 Å². The number of carbonyl (C=O) groups is 1. The first-order valence-corrected chi connectivity index (χ1v) is 7.49. The minimum absolute atomic E-state index is 0.0209. The van der Waals surface area contributed by atoms with Gasteiger partial charge in [-0.25, -0.2) is 15.2 Å². The molecule has 0 spiro atoms. The largest absolute Gasteiger partial charge is 0.334 e. The van der Waals surface area contributed by atoms with E-state index in [-0.39, 0.29) is 29.8 Å². The number of benzene rings is 1. The molecule has 2 aliphatic rings. The van der Waals surface area contributed by atoms with Crippen LogP contribution in [0.4, 0.5) is 4.39 Å². The third kappa shape index (κ3) is 2.92. The third-order valence-electron chi connectivity index (χ3n) is 4.31. The Balaban J connectivity index is 1.82. The van der Waals surface area contributed by atoms with Crippen molar-refractivity contribution in [3.63, 3.8) is 0 Å². The number of carbonyl (C=O) groups excluding carboxylic acids is 1. The molecule has 3 atom stereocenters. The zero-order valence-corrected chi connectivity index (χ0v) is 12.1. The van der Waals surface area contributed by atoms with Gasteiger partial charge in [-0.2, -0.15) is 5.53 Å². The second-order valence-electron chi connectivity index (χ2n) is 5.78. The lowest BCUT2D eigenvalue weighted by molar-refractivity contribution is -0.137. The van der Waals surface area contributed by atoms with E-state index < -0.39 is 0 Å². The summed E-state index contributed by atoms with van der Waals surface area (Å²) in [5.74, 6) is -0.185. The van der Waals surface area contributed by atoms with Crippen molar-refractivity contribution in [3.8, 4) is 0 Å². The quantitative estimate of drug-likeness (QED) is 0.768. The van der Waals surface area contributed by atoms with Crippen molar-refractivity contribution in [2.24, 2.45) is 0 Å². The van der Waals surface area contributed by atoms with Gasteiger partial charge in [-0.05, 0) is 43.9 Å². The van der Waals surface area contributed by atoms with Crippen LogP contribution in [-0.4, -0.2) is 29.4 Å². The highest BCUT2D eigenvalue weighted by Gasteiger charge is 2.37. The Hall–Kier alpha value is -1.50. The Morgan fingerprint density at radius 3 is 2.90 bits per heavy atom. The van der Waals surface area contributed by atoms with Gasteiger partial charge in [-0.3, -0.25) is 4.79 Å². The summed E-state index contributed by atoms with van der Waals surface area (Å²) >= 11 is 0. The van der Waals surface area contributed by atoms with Crippen molar-refractivity contribution >= 4 is 5.91 Å². The van der Waals surface area contributed by atoms with Gasteiger partial charge in [-0.1, -0.05) is 12.1 Å². The zero-order valence-electron chi connectivity index (χ0n) is 12.1. The van der Waals surface area contributed by atoms with E-state index in [9.17, 15) is 9.18 Å². The molecule has 5 nitrogen and oxygen atoms in total. The van der Waals surface area contributed by atoms with Crippen LogP contribution in [0.5, 0.6) is 0 Å². The van der Waals surface area contributed by atoms with Crippen molar-refractivity contribution in [2.75, 3.05) is 6.54 Å². The van der Waals surface area contributed by atoms with Crippen LogP contribution in [0.25, 0.3) is 0 Å². The molecule has 2 fully saturated rings. The van der Waals surface area contributed by atoms with E-state index in [1.54, 1.807) is 6.07 Å². The smallest absolute Gasteiger partial charge is 0.243 e. The molecule has 2 aliphatic heterocycles. The molecule has 1 aromatic carbocycles. The number of likely N-dealkylation sites (tertiary alicyclic amines) is 1. The summed E-state index contributed by atoms with van der Waals surface area (Å²) < 4.78 is 13.5.